The third-order valence-corrected chi connectivity index (χ3v) is 5.14. The minimum atomic E-state index is 0.314. The zero-order valence-corrected chi connectivity index (χ0v) is 13.5. The van der Waals surface area contributed by atoms with Gasteiger partial charge in [-0.15, -0.1) is 11.3 Å². The van der Waals surface area contributed by atoms with Crippen LogP contribution >= 0.6 is 11.3 Å². The highest BCUT2D eigenvalue weighted by Gasteiger charge is 2.25. The van der Waals surface area contributed by atoms with E-state index < -0.39 is 0 Å². The van der Waals surface area contributed by atoms with Crippen molar-refractivity contribution in [1.29, 1.82) is 0 Å². The highest BCUT2D eigenvalue weighted by atomic mass is 32.1. The van der Waals surface area contributed by atoms with Crippen molar-refractivity contribution in [3.05, 3.63) is 57.8 Å². The lowest BCUT2D eigenvalue weighted by atomic mass is 9.91. The summed E-state index contributed by atoms with van der Waals surface area (Å²) in [5.41, 5.74) is 9.00. The molecule has 1 aromatic carbocycles. The highest BCUT2D eigenvalue weighted by Crippen LogP contribution is 2.23. The molecule has 2 N–H and O–H groups in total. The lowest BCUT2D eigenvalue weighted by Gasteiger charge is -2.36. The lowest BCUT2D eigenvalue weighted by molar-refractivity contribution is 0.150. The van der Waals surface area contributed by atoms with Crippen molar-refractivity contribution in [3.63, 3.8) is 0 Å². The topological polar surface area (TPSA) is 29.3 Å². The van der Waals surface area contributed by atoms with Crippen molar-refractivity contribution in [2.24, 2.45) is 11.7 Å². The zero-order chi connectivity index (χ0) is 14.7. The van der Waals surface area contributed by atoms with E-state index in [4.69, 9.17) is 5.73 Å². The predicted octanol–water partition coefficient (Wildman–Crippen LogP) is 3.45. The second-order valence-electron chi connectivity index (χ2n) is 6.32. The van der Waals surface area contributed by atoms with E-state index >= 15 is 0 Å². The number of rotatable bonds is 4. The van der Waals surface area contributed by atoms with Crippen LogP contribution in [0.5, 0.6) is 0 Å². The second kappa shape index (κ2) is 6.73. The van der Waals surface area contributed by atoms with Gasteiger partial charge in [0, 0.05) is 30.6 Å². The van der Waals surface area contributed by atoms with Gasteiger partial charge in [-0.05, 0) is 42.7 Å². The van der Waals surface area contributed by atoms with Gasteiger partial charge in [-0.2, -0.15) is 0 Å². The van der Waals surface area contributed by atoms with Crippen LogP contribution in [0.3, 0.4) is 0 Å². The number of aryl methyl sites for hydroxylation is 1. The Kier molecular flexibility index (Phi) is 4.73. The predicted molar refractivity (Wildman–Crippen MR) is 90.6 cm³/mol. The van der Waals surface area contributed by atoms with Gasteiger partial charge < -0.3 is 5.73 Å². The molecule has 3 heteroatoms. The first-order chi connectivity index (χ1) is 10.2. The van der Waals surface area contributed by atoms with Crippen molar-refractivity contribution in [2.75, 3.05) is 13.1 Å². The van der Waals surface area contributed by atoms with Gasteiger partial charge in [0.2, 0.25) is 0 Å². The summed E-state index contributed by atoms with van der Waals surface area (Å²) >= 11 is 1.87. The number of benzene rings is 1. The van der Waals surface area contributed by atoms with Crippen LogP contribution in [0.15, 0.2) is 41.8 Å². The van der Waals surface area contributed by atoms with E-state index in [-0.39, 0.29) is 0 Å². The molecule has 0 bridgehead atoms. The van der Waals surface area contributed by atoms with E-state index in [9.17, 15) is 0 Å². The minimum absolute atomic E-state index is 0.314. The van der Waals surface area contributed by atoms with Crippen molar-refractivity contribution < 1.29 is 0 Å². The summed E-state index contributed by atoms with van der Waals surface area (Å²) in [5.74, 6) is 0.692. The number of likely N-dealkylation sites (tertiary alicyclic amines) is 1. The molecule has 1 aromatic heterocycles. The molecule has 0 saturated carbocycles. The summed E-state index contributed by atoms with van der Waals surface area (Å²) in [6.07, 6.45) is 2.33. The fourth-order valence-corrected chi connectivity index (χ4v) is 4.11. The Labute approximate surface area is 131 Å². The molecule has 3 rings (SSSR count). The molecule has 2 heterocycles. The molecular formula is C18H24N2S. The first-order valence-corrected chi connectivity index (χ1v) is 8.63. The van der Waals surface area contributed by atoms with Crippen LogP contribution in [0, 0.1) is 12.8 Å². The Hall–Kier alpha value is -1.16. The van der Waals surface area contributed by atoms with E-state index in [1.165, 1.54) is 29.0 Å². The standard InChI is InChI=1S/C18H24N2S/c1-14-4-6-15(7-5-14)11-20-12-16(9-17(19)13-20)10-18-3-2-8-21-18/h2-8,16-17H,9-13,19H2,1H3. The maximum absolute atomic E-state index is 6.28. The number of thiophene rings is 1. The average Bonchev–Trinajstić information content (AvgIpc) is 2.93. The summed E-state index contributed by atoms with van der Waals surface area (Å²) < 4.78 is 0. The SMILES string of the molecule is Cc1ccc(CN2CC(N)CC(Cc3cccs3)C2)cc1. The molecule has 21 heavy (non-hydrogen) atoms. The van der Waals surface area contributed by atoms with E-state index in [1.54, 1.807) is 0 Å². The smallest absolute Gasteiger partial charge is 0.0234 e. The zero-order valence-electron chi connectivity index (χ0n) is 12.7. The number of hydrogen-bond acceptors (Lipinski definition) is 3. The lowest BCUT2D eigenvalue weighted by Crippen LogP contribution is -2.47. The van der Waals surface area contributed by atoms with Crippen LogP contribution in [-0.2, 0) is 13.0 Å². The molecule has 2 nitrogen and oxygen atoms in total. The molecule has 2 aromatic rings. The Bertz CT molecular complexity index is 547. The quantitative estimate of drug-likeness (QED) is 0.937. The third-order valence-electron chi connectivity index (χ3n) is 4.24. The van der Waals surface area contributed by atoms with Gasteiger partial charge in [0.15, 0.2) is 0 Å². The molecule has 0 aliphatic carbocycles. The van der Waals surface area contributed by atoms with Crippen molar-refractivity contribution in [1.82, 2.24) is 4.90 Å². The van der Waals surface area contributed by atoms with Crippen LogP contribution in [-0.4, -0.2) is 24.0 Å². The summed E-state index contributed by atoms with van der Waals surface area (Å²) in [4.78, 5) is 4.02. The number of piperidine rings is 1. The van der Waals surface area contributed by atoms with Gasteiger partial charge in [-0.25, -0.2) is 0 Å². The molecule has 1 saturated heterocycles. The first kappa shape index (κ1) is 14.8. The second-order valence-corrected chi connectivity index (χ2v) is 7.36. The summed E-state index contributed by atoms with van der Waals surface area (Å²) in [5, 5.41) is 2.17. The molecule has 1 aliphatic heterocycles. The highest BCUT2D eigenvalue weighted by molar-refractivity contribution is 7.09. The van der Waals surface area contributed by atoms with E-state index in [0.29, 0.717) is 12.0 Å². The van der Waals surface area contributed by atoms with Gasteiger partial charge in [0.1, 0.15) is 0 Å². The average molecular weight is 300 g/mol. The monoisotopic (exact) mass is 300 g/mol. The molecule has 112 valence electrons. The molecular weight excluding hydrogens is 276 g/mol. The van der Waals surface area contributed by atoms with Crippen LogP contribution in [0.1, 0.15) is 22.4 Å². The minimum Gasteiger partial charge on any atom is -0.327 e. The fourth-order valence-electron chi connectivity index (χ4n) is 3.29. The van der Waals surface area contributed by atoms with Gasteiger partial charge in [-0.3, -0.25) is 4.90 Å². The Morgan fingerprint density at radius 2 is 2.00 bits per heavy atom. The van der Waals surface area contributed by atoms with Gasteiger partial charge in [0.25, 0.3) is 0 Å². The Balaban J connectivity index is 1.61. The van der Waals surface area contributed by atoms with Crippen molar-refractivity contribution >= 4 is 11.3 Å². The van der Waals surface area contributed by atoms with Gasteiger partial charge in [-0.1, -0.05) is 35.9 Å². The molecule has 2 atom stereocenters. The number of nitrogens with two attached hydrogens (primary N) is 1. The van der Waals surface area contributed by atoms with E-state index in [1.807, 2.05) is 11.3 Å². The number of hydrogen-bond donors (Lipinski definition) is 1. The van der Waals surface area contributed by atoms with Crippen LogP contribution in [0.2, 0.25) is 0 Å². The molecule has 1 aliphatic rings. The maximum atomic E-state index is 6.28. The molecule has 0 radical (unpaired) electrons. The van der Waals surface area contributed by atoms with Gasteiger partial charge >= 0.3 is 0 Å². The summed E-state index contributed by atoms with van der Waals surface area (Å²) in [6.45, 7) is 5.35. The normalized spacial score (nSPS) is 23.3. The summed E-state index contributed by atoms with van der Waals surface area (Å²) in [7, 11) is 0. The van der Waals surface area contributed by atoms with E-state index in [2.05, 4.69) is 53.6 Å². The Morgan fingerprint density at radius 1 is 1.19 bits per heavy atom. The van der Waals surface area contributed by atoms with Crippen LogP contribution in [0.25, 0.3) is 0 Å². The summed E-state index contributed by atoms with van der Waals surface area (Å²) in [6, 6.07) is 13.6. The Morgan fingerprint density at radius 3 is 2.71 bits per heavy atom. The number of nitrogens with zero attached hydrogens (tertiary/aromatic N) is 1. The molecule has 0 spiro atoms. The first-order valence-electron chi connectivity index (χ1n) is 7.75. The van der Waals surface area contributed by atoms with Crippen molar-refractivity contribution in [2.45, 2.75) is 32.4 Å². The molecule has 0 amide bonds. The third kappa shape index (κ3) is 4.16. The molecule has 1 fully saturated rings. The fraction of sp³-hybridized carbons (Fsp3) is 0.444. The van der Waals surface area contributed by atoms with Crippen LogP contribution < -0.4 is 5.73 Å². The van der Waals surface area contributed by atoms with Gasteiger partial charge in [0.05, 0.1) is 0 Å². The largest absolute Gasteiger partial charge is 0.327 e. The maximum Gasteiger partial charge on any atom is 0.0234 e. The molecule has 2 unspecified atom stereocenters. The van der Waals surface area contributed by atoms with Crippen LogP contribution in [0.4, 0.5) is 0 Å². The van der Waals surface area contributed by atoms with Crippen molar-refractivity contribution in [3.8, 4) is 0 Å². The van der Waals surface area contributed by atoms with E-state index in [0.717, 1.165) is 19.5 Å².